The van der Waals surface area contributed by atoms with Crippen molar-refractivity contribution < 1.29 is 4.74 Å². The Labute approximate surface area is 97.2 Å². The molecule has 2 N–H and O–H groups in total. The van der Waals surface area contributed by atoms with Crippen LogP contribution < -0.4 is 15.4 Å². The predicted octanol–water partition coefficient (Wildman–Crippen LogP) is 1.19. The van der Waals surface area contributed by atoms with E-state index in [4.69, 9.17) is 4.74 Å². The molecular weight excluding hydrogens is 200 g/mol. The van der Waals surface area contributed by atoms with E-state index >= 15 is 0 Å². The maximum atomic E-state index is 5.35. The zero-order valence-electron chi connectivity index (χ0n) is 9.99. The SMILES string of the molecule is COc1ccccc1CC(C)NC1CNC1. The van der Waals surface area contributed by atoms with Crippen molar-refractivity contribution in [2.75, 3.05) is 20.2 Å². The van der Waals surface area contributed by atoms with Gasteiger partial charge in [0.1, 0.15) is 5.75 Å². The summed E-state index contributed by atoms with van der Waals surface area (Å²) in [6.07, 6.45) is 1.01. The summed E-state index contributed by atoms with van der Waals surface area (Å²) in [5.74, 6) is 0.989. The quantitative estimate of drug-likeness (QED) is 0.782. The molecular formula is C13H20N2O. The Balaban J connectivity index is 1.91. The first kappa shape index (κ1) is 11.4. The fourth-order valence-corrected chi connectivity index (χ4v) is 2.07. The van der Waals surface area contributed by atoms with E-state index in [9.17, 15) is 0 Å². The van der Waals surface area contributed by atoms with Crippen LogP contribution in [0.25, 0.3) is 0 Å². The number of nitrogens with one attached hydrogen (secondary N) is 2. The molecule has 1 atom stereocenters. The number of ether oxygens (including phenoxy) is 1. The number of benzene rings is 1. The molecule has 0 bridgehead atoms. The molecule has 3 nitrogen and oxygen atoms in total. The second-order valence-corrected chi connectivity index (χ2v) is 4.44. The van der Waals surface area contributed by atoms with Crippen LogP contribution in [0.1, 0.15) is 12.5 Å². The molecule has 88 valence electrons. The van der Waals surface area contributed by atoms with E-state index in [-0.39, 0.29) is 0 Å². The smallest absolute Gasteiger partial charge is 0.122 e. The van der Waals surface area contributed by atoms with Crippen LogP contribution in [0.15, 0.2) is 24.3 Å². The lowest BCUT2D eigenvalue weighted by Gasteiger charge is -2.31. The van der Waals surface area contributed by atoms with E-state index in [2.05, 4.69) is 29.7 Å². The van der Waals surface area contributed by atoms with Crippen molar-refractivity contribution >= 4 is 0 Å². The number of methoxy groups -OCH3 is 1. The fourth-order valence-electron chi connectivity index (χ4n) is 2.07. The van der Waals surface area contributed by atoms with Crippen molar-refractivity contribution in [2.24, 2.45) is 0 Å². The maximum absolute atomic E-state index is 5.35. The molecule has 1 fully saturated rings. The van der Waals surface area contributed by atoms with Gasteiger partial charge in [-0.05, 0) is 25.0 Å². The molecule has 0 radical (unpaired) electrons. The molecule has 1 aromatic rings. The van der Waals surface area contributed by atoms with Gasteiger partial charge in [0.2, 0.25) is 0 Å². The third-order valence-corrected chi connectivity index (χ3v) is 3.02. The van der Waals surface area contributed by atoms with Crippen LogP contribution in [0.2, 0.25) is 0 Å². The van der Waals surface area contributed by atoms with E-state index in [0.717, 1.165) is 25.3 Å². The molecule has 0 saturated carbocycles. The van der Waals surface area contributed by atoms with E-state index in [1.165, 1.54) is 5.56 Å². The molecule has 0 spiro atoms. The summed E-state index contributed by atoms with van der Waals surface area (Å²) in [7, 11) is 1.73. The molecule has 1 aliphatic rings. The Bertz CT molecular complexity index is 336. The number of rotatable bonds is 5. The van der Waals surface area contributed by atoms with Crippen molar-refractivity contribution in [3.05, 3.63) is 29.8 Å². The van der Waals surface area contributed by atoms with E-state index < -0.39 is 0 Å². The normalized spacial score (nSPS) is 17.9. The first-order valence-corrected chi connectivity index (χ1v) is 5.88. The minimum Gasteiger partial charge on any atom is -0.496 e. The van der Waals surface area contributed by atoms with Crippen LogP contribution in [0.5, 0.6) is 5.75 Å². The molecule has 1 aliphatic heterocycles. The van der Waals surface area contributed by atoms with Crippen LogP contribution in [0.3, 0.4) is 0 Å². The molecule has 0 aliphatic carbocycles. The largest absolute Gasteiger partial charge is 0.496 e. The Morgan fingerprint density at radius 3 is 2.81 bits per heavy atom. The van der Waals surface area contributed by atoms with Gasteiger partial charge >= 0.3 is 0 Å². The lowest BCUT2D eigenvalue weighted by molar-refractivity contribution is 0.332. The predicted molar refractivity (Wildman–Crippen MR) is 66.0 cm³/mol. The van der Waals surface area contributed by atoms with Crippen LogP contribution in [0, 0.1) is 0 Å². The minimum atomic E-state index is 0.489. The van der Waals surface area contributed by atoms with Crippen LogP contribution in [-0.2, 0) is 6.42 Å². The summed E-state index contributed by atoms with van der Waals surface area (Å²) in [5.41, 5.74) is 1.28. The van der Waals surface area contributed by atoms with Gasteiger partial charge in [-0.3, -0.25) is 0 Å². The zero-order valence-corrected chi connectivity index (χ0v) is 9.99. The standard InChI is InChI=1S/C13H20N2O/c1-10(15-12-8-14-9-12)7-11-5-3-4-6-13(11)16-2/h3-6,10,12,14-15H,7-9H2,1-2H3. The Morgan fingerprint density at radius 1 is 1.44 bits per heavy atom. The molecule has 0 aromatic heterocycles. The third kappa shape index (κ3) is 2.74. The zero-order chi connectivity index (χ0) is 11.4. The summed E-state index contributed by atoms with van der Waals surface area (Å²) >= 11 is 0. The fraction of sp³-hybridized carbons (Fsp3) is 0.538. The van der Waals surface area contributed by atoms with Gasteiger partial charge in [-0.25, -0.2) is 0 Å². The van der Waals surface area contributed by atoms with E-state index in [0.29, 0.717) is 12.1 Å². The highest BCUT2D eigenvalue weighted by Gasteiger charge is 2.18. The van der Waals surface area contributed by atoms with Gasteiger partial charge in [0, 0.05) is 25.2 Å². The topological polar surface area (TPSA) is 33.3 Å². The van der Waals surface area contributed by atoms with Gasteiger partial charge < -0.3 is 15.4 Å². The molecule has 3 heteroatoms. The van der Waals surface area contributed by atoms with Gasteiger partial charge in [0.15, 0.2) is 0 Å². The van der Waals surface area contributed by atoms with Gasteiger partial charge in [0.05, 0.1) is 7.11 Å². The van der Waals surface area contributed by atoms with Crippen molar-refractivity contribution in [3.63, 3.8) is 0 Å². The monoisotopic (exact) mass is 220 g/mol. The summed E-state index contributed by atoms with van der Waals surface area (Å²) < 4.78 is 5.35. The first-order chi connectivity index (χ1) is 7.79. The van der Waals surface area contributed by atoms with Crippen molar-refractivity contribution in [1.82, 2.24) is 10.6 Å². The summed E-state index contributed by atoms with van der Waals surface area (Å²) in [5, 5.41) is 6.86. The summed E-state index contributed by atoms with van der Waals surface area (Å²) in [6.45, 7) is 4.41. The molecule has 1 aromatic carbocycles. The number of hydrogen-bond acceptors (Lipinski definition) is 3. The summed E-state index contributed by atoms with van der Waals surface area (Å²) in [6, 6.07) is 9.36. The molecule has 1 unspecified atom stereocenters. The average Bonchev–Trinajstić information content (AvgIpc) is 2.24. The summed E-state index contributed by atoms with van der Waals surface area (Å²) in [4.78, 5) is 0. The van der Waals surface area contributed by atoms with Crippen molar-refractivity contribution in [1.29, 1.82) is 0 Å². The van der Waals surface area contributed by atoms with Gasteiger partial charge in [-0.1, -0.05) is 18.2 Å². The highest BCUT2D eigenvalue weighted by atomic mass is 16.5. The lowest BCUT2D eigenvalue weighted by atomic mass is 10.0. The molecule has 2 rings (SSSR count). The maximum Gasteiger partial charge on any atom is 0.122 e. The Hall–Kier alpha value is -1.06. The van der Waals surface area contributed by atoms with Crippen molar-refractivity contribution in [3.8, 4) is 5.75 Å². The molecule has 1 saturated heterocycles. The second kappa shape index (κ2) is 5.32. The number of hydrogen-bond donors (Lipinski definition) is 2. The average molecular weight is 220 g/mol. The van der Waals surface area contributed by atoms with E-state index in [1.54, 1.807) is 7.11 Å². The second-order valence-electron chi connectivity index (χ2n) is 4.44. The molecule has 16 heavy (non-hydrogen) atoms. The highest BCUT2D eigenvalue weighted by molar-refractivity contribution is 5.33. The van der Waals surface area contributed by atoms with Crippen LogP contribution >= 0.6 is 0 Å². The molecule has 0 amide bonds. The lowest BCUT2D eigenvalue weighted by Crippen LogP contribution is -2.57. The van der Waals surface area contributed by atoms with E-state index in [1.807, 2.05) is 12.1 Å². The minimum absolute atomic E-state index is 0.489. The number of para-hydroxylation sites is 1. The van der Waals surface area contributed by atoms with Gasteiger partial charge in [0.25, 0.3) is 0 Å². The van der Waals surface area contributed by atoms with Crippen LogP contribution in [0.4, 0.5) is 0 Å². The van der Waals surface area contributed by atoms with Gasteiger partial charge in [-0.2, -0.15) is 0 Å². The molecule has 1 heterocycles. The first-order valence-electron chi connectivity index (χ1n) is 5.88. The van der Waals surface area contributed by atoms with Crippen LogP contribution in [-0.4, -0.2) is 32.3 Å². The highest BCUT2D eigenvalue weighted by Crippen LogP contribution is 2.18. The Morgan fingerprint density at radius 2 is 2.19 bits per heavy atom. The van der Waals surface area contributed by atoms with Crippen molar-refractivity contribution in [2.45, 2.75) is 25.4 Å². The third-order valence-electron chi connectivity index (χ3n) is 3.02. The van der Waals surface area contributed by atoms with Gasteiger partial charge in [-0.15, -0.1) is 0 Å². The Kier molecular flexibility index (Phi) is 3.80.